The van der Waals surface area contributed by atoms with Gasteiger partial charge in [0.2, 0.25) is 0 Å². The maximum Gasteiger partial charge on any atom is 0.0651 e. The highest BCUT2D eigenvalue weighted by atomic mass is 16.5. The van der Waals surface area contributed by atoms with Crippen molar-refractivity contribution >= 4 is 0 Å². The second-order valence-electron chi connectivity index (χ2n) is 9.86. The molecule has 1 aromatic carbocycles. The predicted molar refractivity (Wildman–Crippen MR) is 123 cm³/mol. The molecule has 0 aliphatic heterocycles. The Morgan fingerprint density at radius 2 is 1.76 bits per heavy atom. The highest BCUT2D eigenvalue weighted by Gasteiger charge is 2.38. The fraction of sp³-hybridized carbons (Fsp3) is 0.643. The van der Waals surface area contributed by atoms with Gasteiger partial charge in [0, 0.05) is 0 Å². The number of aryl methyl sites for hydroxylation is 2. The van der Waals surface area contributed by atoms with Crippen LogP contribution in [0.2, 0.25) is 0 Å². The molecule has 1 nitrogen and oxygen atoms in total. The number of ether oxygens (including phenoxy) is 1. The van der Waals surface area contributed by atoms with Crippen molar-refractivity contribution in [3.8, 4) is 0 Å². The molecular weight excluding hydrogens is 352 g/mol. The van der Waals surface area contributed by atoms with E-state index in [1.165, 1.54) is 63.4 Å². The molecule has 0 N–H and O–H groups in total. The SMILES string of the molecule is C=CCCc1ccc2c(c1)CCC(C1CCC3C[C@H](OCC=CC)CC[C@@H]3C1)C2. The molecule has 29 heavy (non-hydrogen) atoms. The summed E-state index contributed by atoms with van der Waals surface area (Å²) in [5.74, 6) is 3.79. The molecule has 3 aliphatic carbocycles. The third-order valence-corrected chi connectivity index (χ3v) is 8.11. The quantitative estimate of drug-likeness (QED) is 0.450. The summed E-state index contributed by atoms with van der Waals surface area (Å²) in [4.78, 5) is 0. The van der Waals surface area contributed by atoms with Crippen LogP contribution in [0.15, 0.2) is 43.0 Å². The summed E-state index contributed by atoms with van der Waals surface area (Å²) in [6.07, 6.45) is 21.5. The summed E-state index contributed by atoms with van der Waals surface area (Å²) in [6.45, 7) is 6.74. The van der Waals surface area contributed by atoms with E-state index in [9.17, 15) is 0 Å². The Hall–Kier alpha value is -1.34. The molecule has 0 spiro atoms. The first-order valence-corrected chi connectivity index (χ1v) is 12.2. The van der Waals surface area contributed by atoms with Gasteiger partial charge < -0.3 is 4.74 Å². The molecule has 0 radical (unpaired) electrons. The standard InChI is InChI=1S/C28H40O/c1-3-5-7-21-8-9-23-18-24(11-10-22(23)17-21)25-12-13-27-20-28(29-16-6-4-2)15-14-26(27)19-25/h3-4,6,8-9,17,24-28H,1,5,7,10-16,18-20H2,2H3/t24?,25?,26-,27?,28-/m1/s1. The van der Waals surface area contributed by atoms with Crippen LogP contribution >= 0.6 is 0 Å². The Labute approximate surface area is 178 Å². The van der Waals surface area contributed by atoms with E-state index in [-0.39, 0.29) is 0 Å². The van der Waals surface area contributed by atoms with Crippen molar-refractivity contribution in [3.63, 3.8) is 0 Å². The number of fused-ring (bicyclic) bond motifs is 2. The first-order valence-electron chi connectivity index (χ1n) is 12.2. The van der Waals surface area contributed by atoms with Crippen molar-refractivity contribution in [1.82, 2.24) is 0 Å². The number of benzene rings is 1. The van der Waals surface area contributed by atoms with Crippen LogP contribution in [0, 0.1) is 23.7 Å². The van der Waals surface area contributed by atoms with Gasteiger partial charge in [-0.1, -0.05) is 36.4 Å². The van der Waals surface area contributed by atoms with Gasteiger partial charge in [-0.15, -0.1) is 6.58 Å². The summed E-state index contributed by atoms with van der Waals surface area (Å²) in [6, 6.07) is 7.30. The molecule has 1 aromatic rings. The van der Waals surface area contributed by atoms with Gasteiger partial charge in [-0.05, 0) is 118 Å². The summed E-state index contributed by atoms with van der Waals surface area (Å²) in [5, 5.41) is 0. The van der Waals surface area contributed by atoms with E-state index in [1.807, 2.05) is 6.08 Å². The van der Waals surface area contributed by atoms with Gasteiger partial charge in [0.25, 0.3) is 0 Å². The number of hydrogen-bond acceptors (Lipinski definition) is 1. The second kappa shape index (κ2) is 10.1. The van der Waals surface area contributed by atoms with E-state index >= 15 is 0 Å². The Morgan fingerprint density at radius 1 is 0.966 bits per heavy atom. The molecule has 0 bridgehead atoms. The van der Waals surface area contributed by atoms with E-state index in [1.54, 1.807) is 11.1 Å². The predicted octanol–water partition coefficient (Wildman–Crippen LogP) is 7.09. The van der Waals surface area contributed by atoms with E-state index in [0.29, 0.717) is 6.10 Å². The molecule has 2 saturated carbocycles. The zero-order valence-corrected chi connectivity index (χ0v) is 18.5. The van der Waals surface area contributed by atoms with Crippen LogP contribution in [0.3, 0.4) is 0 Å². The lowest BCUT2D eigenvalue weighted by Gasteiger charge is -2.45. The Bertz CT molecular complexity index is 702. The van der Waals surface area contributed by atoms with Gasteiger partial charge in [-0.2, -0.15) is 0 Å². The molecule has 0 saturated heterocycles. The Morgan fingerprint density at radius 3 is 2.59 bits per heavy atom. The average Bonchev–Trinajstić information content (AvgIpc) is 2.77. The monoisotopic (exact) mass is 392 g/mol. The molecule has 4 rings (SSSR count). The van der Waals surface area contributed by atoms with Crippen LogP contribution in [0.25, 0.3) is 0 Å². The molecule has 158 valence electrons. The lowest BCUT2D eigenvalue weighted by Crippen LogP contribution is -2.37. The summed E-state index contributed by atoms with van der Waals surface area (Å²) >= 11 is 0. The van der Waals surface area contributed by atoms with Crippen LogP contribution in [0.1, 0.15) is 75.0 Å². The summed E-state index contributed by atoms with van der Waals surface area (Å²) in [7, 11) is 0. The molecule has 5 atom stereocenters. The van der Waals surface area contributed by atoms with Gasteiger partial charge >= 0.3 is 0 Å². The van der Waals surface area contributed by atoms with E-state index in [0.717, 1.165) is 43.1 Å². The van der Waals surface area contributed by atoms with Crippen LogP contribution in [0.5, 0.6) is 0 Å². The first-order chi connectivity index (χ1) is 14.3. The highest BCUT2D eigenvalue weighted by molar-refractivity contribution is 5.34. The van der Waals surface area contributed by atoms with Crippen molar-refractivity contribution in [1.29, 1.82) is 0 Å². The maximum absolute atomic E-state index is 6.10. The van der Waals surface area contributed by atoms with Crippen LogP contribution in [0.4, 0.5) is 0 Å². The van der Waals surface area contributed by atoms with Crippen molar-refractivity contribution in [3.05, 3.63) is 59.7 Å². The Balaban J connectivity index is 1.30. The van der Waals surface area contributed by atoms with Gasteiger partial charge in [0.15, 0.2) is 0 Å². The highest BCUT2D eigenvalue weighted by Crippen LogP contribution is 2.47. The lowest BCUT2D eigenvalue weighted by atomic mass is 9.62. The van der Waals surface area contributed by atoms with Gasteiger partial charge in [-0.25, -0.2) is 0 Å². The molecule has 2 fully saturated rings. The lowest BCUT2D eigenvalue weighted by molar-refractivity contribution is -0.0138. The van der Waals surface area contributed by atoms with Gasteiger partial charge in [0.05, 0.1) is 12.7 Å². The topological polar surface area (TPSA) is 9.23 Å². The Kier molecular flexibility index (Phi) is 7.29. The first kappa shape index (κ1) is 20.9. The number of rotatable bonds is 7. The molecule has 1 heteroatoms. The van der Waals surface area contributed by atoms with Crippen LogP contribution in [-0.2, 0) is 24.0 Å². The average molecular weight is 393 g/mol. The van der Waals surface area contributed by atoms with Gasteiger partial charge in [-0.3, -0.25) is 0 Å². The van der Waals surface area contributed by atoms with E-state index in [2.05, 4.69) is 43.9 Å². The normalized spacial score (nSPS) is 32.0. The van der Waals surface area contributed by atoms with Crippen molar-refractivity contribution in [2.75, 3.05) is 6.61 Å². The smallest absolute Gasteiger partial charge is 0.0651 e. The minimum absolute atomic E-state index is 0.515. The minimum Gasteiger partial charge on any atom is -0.374 e. The largest absolute Gasteiger partial charge is 0.374 e. The summed E-state index contributed by atoms with van der Waals surface area (Å²) < 4.78 is 6.10. The van der Waals surface area contributed by atoms with Crippen molar-refractivity contribution in [2.45, 2.75) is 83.7 Å². The molecule has 0 aromatic heterocycles. The van der Waals surface area contributed by atoms with Gasteiger partial charge in [0.1, 0.15) is 0 Å². The molecule has 3 unspecified atom stereocenters. The number of allylic oxidation sites excluding steroid dienone is 2. The van der Waals surface area contributed by atoms with Crippen LogP contribution in [-0.4, -0.2) is 12.7 Å². The van der Waals surface area contributed by atoms with Crippen molar-refractivity contribution < 1.29 is 4.74 Å². The fourth-order valence-electron chi connectivity index (χ4n) is 6.41. The summed E-state index contributed by atoms with van der Waals surface area (Å²) in [5.41, 5.74) is 4.78. The maximum atomic E-state index is 6.10. The second-order valence-corrected chi connectivity index (χ2v) is 9.86. The molecule has 0 heterocycles. The third-order valence-electron chi connectivity index (χ3n) is 8.11. The molecular formula is C28H40O. The van der Waals surface area contributed by atoms with E-state index in [4.69, 9.17) is 4.74 Å². The zero-order chi connectivity index (χ0) is 20.1. The molecule has 0 amide bonds. The van der Waals surface area contributed by atoms with E-state index < -0.39 is 0 Å². The third kappa shape index (κ3) is 5.23. The fourth-order valence-corrected chi connectivity index (χ4v) is 6.41. The minimum atomic E-state index is 0.515. The zero-order valence-electron chi connectivity index (χ0n) is 18.5. The molecule has 3 aliphatic rings. The number of hydrogen-bond donors (Lipinski definition) is 0. The van der Waals surface area contributed by atoms with Crippen molar-refractivity contribution in [2.24, 2.45) is 23.7 Å². The van der Waals surface area contributed by atoms with Crippen LogP contribution < -0.4 is 0 Å².